The molecule has 0 spiro atoms. The van der Waals surface area contributed by atoms with Gasteiger partial charge >= 0.3 is 5.97 Å². The summed E-state index contributed by atoms with van der Waals surface area (Å²) < 4.78 is 0. The lowest BCUT2D eigenvalue weighted by Crippen LogP contribution is -2.46. The van der Waals surface area contributed by atoms with Gasteiger partial charge in [0.05, 0.1) is 16.5 Å². The van der Waals surface area contributed by atoms with E-state index in [2.05, 4.69) is 5.32 Å². The van der Waals surface area contributed by atoms with Crippen LogP contribution in [0.1, 0.15) is 23.2 Å². The van der Waals surface area contributed by atoms with E-state index in [4.69, 9.17) is 16.7 Å². The maximum Gasteiger partial charge on any atom is 0.306 e. The first-order valence-electron chi connectivity index (χ1n) is 5.36. The van der Waals surface area contributed by atoms with Crippen molar-refractivity contribution in [2.75, 3.05) is 0 Å². The van der Waals surface area contributed by atoms with Crippen LogP contribution in [-0.4, -0.2) is 23.0 Å². The van der Waals surface area contributed by atoms with Crippen LogP contribution in [0.5, 0.6) is 0 Å². The van der Waals surface area contributed by atoms with Crippen molar-refractivity contribution in [1.29, 1.82) is 0 Å². The Morgan fingerprint density at radius 1 is 1.29 bits per heavy atom. The normalized spacial score (nSPS) is 22.6. The molecule has 17 heavy (non-hydrogen) atoms. The van der Waals surface area contributed by atoms with E-state index < -0.39 is 5.97 Å². The van der Waals surface area contributed by atoms with Crippen LogP contribution in [0.25, 0.3) is 0 Å². The largest absolute Gasteiger partial charge is 0.481 e. The van der Waals surface area contributed by atoms with Gasteiger partial charge in [-0.15, -0.1) is 0 Å². The lowest BCUT2D eigenvalue weighted by atomic mass is 9.80. The van der Waals surface area contributed by atoms with Crippen LogP contribution in [0.4, 0.5) is 0 Å². The highest BCUT2D eigenvalue weighted by Gasteiger charge is 2.35. The van der Waals surface area contributed by atoms with E-state index in [1.54, 1.807) is 24.3 Å². The van der Waals surface area contributed by atoms with Crippen molar-refractivity contribution in [2.24, 2.45) is 5.92 Å². The minimum absolute atomic E-state index is 0.0557. The summed E-state index contributed by atoms with van der Waals surface area (Å²) in [5, 5.41) is 11.9. The molecule has 1 fully saturated rings. The fourth-order valence-corrected chi connectivity index (χ4v) is 2.07. The number of nitrogens with one attached hydrogen (secondary N) is 1. The molecule has 0 atom stereocenters. The molecule has 1 aliphatic carbocycles. The average Bonchev–Trinajstić information content (AvgIpc) is 2.22. The van der Waals surface area contributed by atoms with Gasteiger partial charge in [-0.25, -0.2) is 0 Å². The maximum absolute atomic E-state index is 11.8. The number of carboxylic acid groups (broad SMARTS) is 1. The molecule has 0 radical (unpaired) electrons. The van der Waals surface area contributed by atoms with Crippen molar-refractivity contribution in [3.63, 3.8) is 0 Å². The van der Waals surface area contributed by atoms with Crippen LogP contribution in [0.3, 0.4) is 0 Å². The smallest absolute Gasteiger partial charge is 0.306 e. The molecule has 0 heterocycles. The molecule has 0 aliphatic heterocycles. The van der Waals surface area contributed by atoms with Crippen LogP contribution in [0.15, 0.2) is 24.3 Å². The minimum Gasteiger partial charge on any atom is -0.481 e. The summed E-state index contributed by atoms with van der Waals surface area (Å²) in [6.07, 6.45) is 0.983. The third-order valence-electron chi connectivity index (χ3n) is 2.94. The zero-order valence-electron chi connectivity index (χ0n) is 9.02. The molecule has 1 aromatic rings. The first-order valence-corrected chi connectivity index (χ1v) is 5.74. The average molecular weight is 254 g/mol. The number of carbonyl (C=O) groups excluding carboxylic acids is 1. The van der Waals surface area contributed by atoms with Gasteiger partial charge in [0.25, 0.3) is 5.91 Å². The SMILES string of the molecule is O=C(NC1CC(C(=O)O)C1)c1ccccc1Cl. The number of aliphatic carboxylic acids is 1. The molecule has 0 saturated heterocycles. The second-order valence-corrected chi connectivity index (χ2v) is 4.56. The number of carbonyl (C=O) groups is 2. The molecule has 90 valence electrons. The fraction of sp³-hybridized carbons (Fsp3) is 0.333. The van der Waals surface area contributed by atoms with Gasteiger partial charge in [0.1, 0.15) is 0 Å². The molecule has 1 saturated carbocycles. The number of halogens is 1. The molecule has 2 rings (SSSR count). The van der Waals surface area contributed by atoms with Gasteiger partial charge in [0.2, 0.25) is 0 Å². The summed E-state index contributed by atoms with van der Waals surface area (Å²) in [5.74, 6) is -1.37. The van der Waals surface area contributed by atoms with Gasteiger partial charge in [-0.2, -0.15) is 0 Å². The van der Waals surface area contributed by atoms with Crippen LogP contribution >= 0.6 is 11.6 Å². The molecular formula is C12H12ClNO3. The van der Waals surface area contributed by atoms with E-state index in [0.29, 0.717) is 23.4 Å². The molecule has 1 aromatic carbocycles. The second-order valence-electron chi connectivity index (χ2n) is 4.16. The summed E-state index contributed by atoms with van der Waals surface area (Å²) in [5.41, 5.74) is 0.424. The summed E-state index contributed by atoms with van der Waals surface area (Å²) in [4.78, 5) is 22.4. The topological polar surface area (TPSA) is 66.4 Å². The molecule has 5 heteroatoms. The molecule has 4 nitrogen and oxygen atoms in total. The van der Waals surface area contributed by atoms with Crippen molar-refractivity contribution in [3.8, 4) is 0 Å². The van der Waals surface area contributed by atoms with E-state index in [1.165, 1.54) is 0 Å². The third kappa shape index (κ3) is 2.58. The lowest BCUT2D eigenvalue weighted by molar-refractivity contribution is -0.145. The Labute approximate surface area is 104 Å². The molecule has 0 aromatic heterocycles. The van der Waals surface area contributed by atoms with Crippen LogP contribution in [0.2, 0.25) is 5.02 Å². The lowest BCUT2D eigenvalue weighted by Gasteiger charge is -2.32. The summed E-state index contributed by atoms with van der Waals surface area (Å²) in [6, 6.07) is 6.73. The van der Waals surface area contributed by atoms with Gasteiger partial charge in [-0.3, -0.25) is 9.59 Å². The predicted molar refractivity (Wildman–Crippen MR) is 63.1 cm³/mol. The Morgan fingerprint density at radius 2 is 1.94 bits per heavy atom. The Kier molecular flexibility index (Phi) is 3.33. The molecule has 0 bridgehead atoms. The summed E-state index contributed by atoms with van der Waals surface area (Å²) >= 11 is 5.89. The van der Waals surface area contributed by atoms with E-state index in [9.17, 15) is 9.59 Å². The van der Waals surface area contributed by atoms with Crippen molar-refractivity contribution in [1.82, 2.24) is 5.32 Å². The first kappa shape index (κ1) is 11.9. The molecular weight excluding hydrogens is 242 g/mol. The second kappa shape index (κ2) is 4.75. The van der Waals surface area contributed by atoms with Gasteiger partial charge < -0.3 is 10.4 Å². The van der Waals surface area contributed by atoms with E-state index in [-0.39, 0.29) is 17.9 Å². The van der Waals surface area contributed by atoms with Crippen LogP contribution < -0.4 is 5.32 Å². The number of rotatable bonds is 3. The van der Waals surface area contributed by atoms with Gasteiger partial charge in [-0.05, 0) is 25.0 Å². The number of carboxylic acids is 1. The van der Waals surface area contributed by atoms with Gasteiger partial charge in [0, 0.05) is 6.04 Å². The monoisotopic (exact) mass is 253 g/mol. The zero-order chi connectivity index (χ0) is 12.4. The predicted octanol–water partition coefficient (Wildman–Crippen LogP) is 1.93. The number of hydrogen-bond acceptors (Lipinski definition) is 2. The maximum atomic E-state index is 11.8. The van der Waals surface area contributed by atoms with Crippen molar-refractivity contribution in [3.05, 3.63) is 34.9 Å². The molecule has 0 unspecified atom stereocenters. The Hall–Kier alpha value is -1.55. The number of benzene rings is 1. The van der Waals surface area contributed by atoms with Crippen molar-refractivity contribution >= 4 is 23.5 Å². The Morgan fingerprint density at radius 3 is 2.53 bits per heavy atom. The minimum atomic E-state index is -0.798. The van der Waals surface area contributed by atoms with E-state index >= 15 is 0 Å². The van der Waals surface area contributed by atoms with E-state index in [1.807, 2.05) is 0 Å². The molecule has 2 N–H and O–H groups in total. The van der Waals surface area contributed by atoms with E-state index in [0.717, 1.165) is 0 Å². The molecule has 1 amide bonds. The highest BCUT2D eigenvalue weighted by atomic mass is 35.5. The Bertz CT molecular complexity index is 455. The first-order chi connectivity index (χ1) is 8.08. The van der Waals surface area contributed by atoms with Crippen LogP contribution in [-0.2, 0) is 4.79 Å². The summed E-state index contributed by atoms with van der Waals surface area (Å²) in [6.45, 7) is 0. The van der Waals surface area contributed by atoms with Crippen LogP contribution in [0, 0.1) is 5.92 Å². The Balaban J connectivity index is 1.92. The highest BCUT2D eigenvalue weighted by Crippen LogP contribution is 2.28. The number of amides is 1. The quantitative estimate of drug-likeness (QED) is 0.865. The molecule has 1 aliphatic rings. The van der Waals surface area contributed by atoms with Crippen molar-refractivity contribution in [2.45, 2.75) is 18.9 Å². The van der Waals surface area contributed by atoms with Crippen molar-refractivity contribution < 1.29 is 14.7 Å². The third-order valence-corrected chi connectivity index (χ3v) is 3.27. The zero-order valence-corrected chi connectivity index (χ0v) is 9.78. The van der Waals surface area contributed by atoms with Gasteiger partial charge in [0.15, 0.2) is 0 Å². The fourth-order valence-electron chi connectivity index (χ4n) is 1.85. The highest BCUT2D eigenvalue weighted by molar-refractivity contribution is 6.33. The summed E-state index contributed by atoms with van der Waals surface area (Å²) in [7, 11) is 0. The standard InChI is InChI=1S/C12H12ClNO3/c13-10-4-2-1-3-9(10)11(15)14-8-5-7(6-8)12(16)17/h1-4,7-8H,5-6H2,(H,14,15)(H,16,17). The van der Waals surface area contributed by atoms with Gasteiger partial charge in [-0.1, -0.05) is 23.7 Å². The number of hydrogen-bond donors (Lipinski definition) is 2.